The van der Waals surface area contributed by atoms with Crippen LogP contribution in [0.1, 0.15) is 64.5 Å². The molecule has 2 fully saturated rings. The van der Waals surface area contributed by atoms with Crippen LogP contribution in [0.3, 0.4) is 0 Å². The molecule has 0 bridgehead atoms. The highest BCUT2D eigenvalue weighted by atomic mass is 16.6. The molecule has 2 atom stereocenters. The van der Waals surface area contributed by atoms with Crippen molar-refractivity contribution in [2.24, 2.45) is 0 Å². The van der Waals surface area contributed by atoms with Crippen LogP contribution in [0.4, 0.5) is 10.7 Å². The van der Waals surface area contributed by atoms with Crippen molar-refractivity contribution < 1.29 is 19.1 Å². The van der Waals surface area contributed by atoms with Crippen LogP contribution in [0.5, 0.6) is 0 Å². The molecule has 0 aromatic carbocycles. The molecule has 2 unspecified atom stereocenters. The third-order valence-electron chi connectivity index (χ3n) is 4.73. The van der Waals surface area contributed by atoms with Gasteiger partial charge in [0.1, 0.15) is 11.6 Å². The van der Waals surface area contributed by atoms with Gasteiger partial charge in [-0.1, -0.05) is 0 Å². The van der Waals surface area contributed by atoms with Gasteiger partial charge in [-0.2, -0.15) is 0 Å². The van der Waals surface area contributed by atoms with E-state index in [0.29, 0.717) is 18.9 Å². The number of likely N-dealkylation sites (tertiary alicyclic amines) is 1. The van der Waals surface area contributed by atoms with Gasteiger partial charge >= 0.3 is 6.09 Å². The Kier molecular flexibility index (Phi) is 5.81. The van der Waals surface area contributed by atoms with Gasteiger partial charge < -0.3 is 15.0 Å². The first-order valence-corrected chi connectivity index (χ1v) is 9.65. The third-order valence-corrected chi connectivity index (χ3v) is 4.73. The van der Waals surface area contributed by atoms with E-state index < -0.39 is 11.6 Å². The standard InChI is InChI=1S/C19H27N5O4/c1-19(2,3)28-18(27)24-9-5-4-6-14(24)12-10-20-17(21-11-12)22-13-7-8-15(25)23-16(13)26/h10-11,13-14H,4-9H2,1-3H3,(H,20,21,22)(H,23,25,26). The molecule has 0 saturated carbocycles. The maximum absolute atomic E-state index is 12.6. The van der Waals surface area contributed by atoms with Crippen molar-refractivity contribution in [3.8, 4) is 0 Å². The van der Waals surface area contributed by atoms with Crippen molar-refractivity contribution in [1.29, 1.82) is 0 Å². The molecule has 9 nitrogen and oxygen atoms in total. The number of rotatable bonds is 3. The summed E-state index contributed by atoms with van der Waals surface area (Å²) in [4.78, 5) is 46.0. The smallest absolute Gasteiger partial charge is 0.410 e. The van der Waals surface area contributed by atoms with Crippen LogP contribution in [0, 0.1) is 0 Å². The van der Waals surface area contributed by atoms with Crippen LogP contribution >= 0.6 is 0 Å². The van der Waals surface area contributed by atoms with E-state index >= 15 is 0 Å². The minimum atomic E-state index is -0.550. The third kappa shape index (κ3) is 4.96. The second-order valence-corrected chi connectivity index (χ2v) is 8.17. The van der Waals surface area contributed by atoms with Gasteiger partial charge in [0.2, 0.25) is 17.8 Å². The molecule has 0 radical (unpaired) electrons. The van der Waals surface area contributed by atoms with Crippen LogP contribution in [0.25, 0.3) is 0 Å². The molecule has 0 aliphatic carbocycles. The summed E-state index contributed by atoms with van der Waals surface area (Å²) in [6, 6.07) is -0.662. The summed E-state index contributed by atoms with van der Waals surface area (Å²) in [6.07, 6.45) is 6.49. The van der Waals surface area contributed by atoms with Crippen LogP contribution in [-0.2, 0) is 14.3 Å². The van der Waals surface area contributed by atoms with Gasteiger partial charge in [0.15, 0.2) is 0 Å². The fourth-order valence-corrected chi connectivity index (χ4v) is 3.39. The molecule has 1 aromatic rings. The molecule has 2 aliphatic heterocycles. The molecule has 0 spiro atoms. The zero-order chi connectivity index (χ0) is 20.3. The number of anilines is 1. The van der Waals surface area contributed by atoms with E-state index in [2.05, 4.69) is 20.6 Å². The summed E-state index contributed by atoms with van der Waals surface area (Å²) < 4.78 is 5.54. The Hall–Kier alpha value is -2.71. The van der Waals surface area contributed by atoms with Crippen LogP contribution in [0.15, 0.2) is 12.4 Å². The fourth-order valence-electron chi connectivity index (χ4n) is 3.39. The monoisotopic (exact) mass is 389 g/mol. The summed E-state index contributed by atoms with van der Waals surface area (Å²) >= 11 is 0. The van der Waals surface area contributed by atoms with Gasteiger partial charge in [-0.15, -0.1) is 0 Å². The average molecular weight is 389 g/mol. The summed E-state index contributed by atoms with van der Waals surface area (Å²) in [5.41, 5.74) is 0.282. The molecule has 3 amide bonds. The highest BCUT2D eigenvalue weighted by Crippen LogP contribution is 2.31. The Morgan fingerprint density at radius 2 is 1.93 bits per heavy atom. The lowest BCUT2D eigenvalue weighted by Gasteiger charge is -2.36. The van der Waals surface area contributed by atoms with Crippen molar-refractivity contribution >= 4 is 23.9 Å². The second kappa shape index (κ2) is 8.12. The van der Waals surface area contributed by atoms with Crippen molar-refractivity contribution in [3.05, 3.63) is 18.0 Å². The van der Waals surface area contributed by atoms with E-state index in [1.807, 2.05) is 20.8 Å². The predicted molar refractivity (Wildman–Crippen MR) is 101 cm³/mol. The fraction of sp³-hybridized carbons (Fsp3) is 0.632. The SMILES string of the molecule is CC(C)(C)OC(=O)N1CCCCC1c1cnc(NC2CCC(=O)NC2=O)nc1. The predicted octanol–water partition coefficient (Wildman–Crippen LogP) is 2.16. The van der Waals surface area contributed by atoms with Gasteiger partial charge in [-0.05, 0) is 46.5 Å². The minimum Gasteiger partial charge on any atom is -0.444 e. The summed E-state index contributed by atoms with van der Waals surface area (Å²) in [6.45, 7) is 6.18. The minimum absolute atomic E-state index is 0.131. The van der Waals surface area contributed by atoms with Crippen molar-refractivity contribution in [2.45, 2.75) is 70.6 Å². The van der Waals surface area contributed by atoms with E-state index in [0.717, 1.165) is 24.8 Å². The number of amides is 3. The topological polar surface area (TPSA) is 114 Å². The number of imide groups is 1. The maximum atomic E-state index is 12.6. The van der Waals surface area contributed by atoms with Gasteiger partial charge in [0.25, 0.3) is 0 Å². The lowest BCUT2D eigenvalue weighted by atomic mass is 9.98. The zero-order valence-corrected chi connectivity index (χ0v) is 16.5. The largest absolute Gasteiger partial charge is 0.444 e. The number of nitrogens with zero attached hydrogens (tertiary/aromatic N) is 3. The molecule has 2 N–H and O–H groups in total. The normalized spacial score (nSPS) is 23.2. The number of carbonyl (C=O) groups is 3. The number of hydrogen-bond donors (Lipinski definition) is 2. The second-order valence-electron chi connectivity index (χ2n) is 8.17. The Morgan fingerprint density at radius 3 is 2.57 bits per heavy atom. The van der Waals surface area contributed by atoms with E-state index in [1.54, 1.807) is 17.3 Å². The first-order chi connectivity index (χ1) is 13.2. The average Bonchev–Trinajstić information content (AvgIpc) is 2.63. The van der Waals surface area contributed by atoms with E-state index in [1.165, 1.54) is 0 Å². The molecule has 1 aromatic heterocycles. The molecule has 3 heterocycles. The molecule has 9 heteroatoms. The Morgan fingerprint density at radius 1 is 1.21 bits per heavy atom. The zero-order valence-electron chi connectivity index (χ0n) is 16.5. The molecule has 2 saturated heterocycles. The molecule has 2 aliphatic rings. The number of piperidine rings is 2. The molecule has 152 valence electrons. The quantitative estimate of drug-likeness (QED) is 0.762. The number of carbonyl (C=O) groups excluding carboxylic acids is 3. The van der Waals surface area contributed by atoms with Gasteiger partial charge in [-0.3, -0.25) is 14.9 Å². The first kappa shape index (κ1) is 20.0. The van der Waals surface area contributed by atoms with Crippen LogP contribution < -0.4 is 10.6 Å². The van der Waals surface area contributed by atoms with Crippen molar-refractivity contribution in [2.75, 3.05) is 11.9 Å². The summed E-state index contributed by atoms with van der Waals surface area (Å²) in [5.74, 6) is -0.316. The van der Waals surface area contributed by atoms with E-state index in [9.17, 15) is 14.4 Å². The van der Waals surface area contributed by atoms with E-state index in [4.69, 9.17) is 4.74 Å². The van der Waals surface area contributed by atoms with Gasteiger partial charge in [-0.25, -0.2) is 14.8 Å². The molecular weight excluding hydrogens is 362 g/mol. The van der Waals surface area contributed by atoms with Gasteiger partial charge in [0, 0.05) is 30.9 Å². The molecular formula is C19H27N5O4. The summed E-state index contributed by atoms with van der Waals surface area (Å²) in [5, 5.41) is 5.25. The summed E-state index contributed by atoms with van der Waals surface area (Å²) in [7, 11) is 0. The highest BCUT2D eigenvalue weighted by Gasteiger charge is 2.32. The Labute approximate surface area is 164 Å². The first-order valence-electron chi connectivity index (χ1n) is 9.65. The number of ether oxygens (including phenoxy) is 1. The van der Waals surface area contributed by atoms with Crippen LogP contribution in [0.2, 0.25) is 0 Å². The van der Waals surface area contributed by atoms with Crippen LogP contribution in [-0.4, -0.2) is 51.0 Å². The molecule has 3 rings (SSSR count). The Balaban J connectivity index is 1.68. The van der Waals surface area contributed by atoms with E-state index in [-0.39, 0.29) is 30.4 Å². The maximum Gasteiger partial charge on any atom is 0.410 e. The Bertz CT molecular complexity index is 744. The number of hydrogen-bond acceptors (Lipinski definition) is 7. The molecule has 28 heavy (non-hydrogen) atoms. The number of nitrogens with one attached hydrogen (secondary N) is 2. The van der Waals surface area contributed by atoms with Crippen molar-refractivity contribution in [1.82, 2.24) is 20.2 Å². The van der Waals surface area contributed by atoms with Gasteiger partial charge in [0.05, 0.1) is 6.04 Å². The highest BCUT2D eigenvalue weighted by molar-refractivity contribution is 6.01. The van der Waals surface area contributed by atoms with Crippen molar-refractivity contribution in [3.63, 3.8) is 0 Å². The number of aromatic nitrogens is 2. The lowest BCUT2D eigenvalue weighted by molar-refractivity contribution is -0.133. The lowest BCUT2D eigenvalue weighted by Crippen LogP contribution is -2.47.